The molecule has 37 heavy (non-hydrogen) atoms. The van der Waals surface area contributed by atoms with Gasteiger partial charge in [-0.2, -0.15) is 15.1 Å². The highest BCUT2D eigenvalue weighted by Gasteiger charge is 2.30. The molecule has 1 aliphatic carbocycles. The number of aromatic nitrogens is 6. The minimum atomic E-state index is -4.44. The van der Waals surface area contributed by atoms with Crippen molar-refractivity contribution >= 4 is 21.1 Å². The SMILES string of the molecule is CC(C)c1noc(C2CCC(Oc3ncnc4c(-c5cc(F)c(S(N)(=O)=O)cc5F)nn(C)c34)CC2)n1. The molecule has 1 fully saturated rings. The number of nitrogens with zero attached hydrogens (tertiary/aromatic N) is 6. The number of fused-ring (bicyclic) bond motifs is 1. The lowest BCUT2D eigenvalue weighted by atomic mass is 9.87. The first-order valence-electron chi connectivity index (χ1n) is 11.7. The molecule has 0 spiro atoms. The predicted octanol–water partition coefficient (Wildman–Crippen LogP) is 3.57. The van der Waals surface area contributed by atoms with Crippen molar-refractivity contribution in [1.29, 1.82) is 0 Å². The van der Waals surface area contributed by atoms with Gasteiger partial charge in [0.1, 0.15) is 45.7 Å². The normalized spacial score (nSPS) is 18.6. The van der Waals surface area contributed by atoms with E-state index in [1.165, 1.54) is 11.0 Å². The molecular weight excluding hydrogens is 508 g/mol. The van der Waals surface area contributed by atoms with Crippen LogP contribution in [0.1, 0.15) is 63.1 Å². The maximum Gasteiger partial charge on any atom is 0.243 e. The molecule has 2 N–H and O–H groups in total. The minimum Gasteiger partial charge on any atom is -0.473 e. The van der Waals surface area contributed by atoms with E-state index in [-0.39, 0.29) is 40.6 Å². The zero-order chi connectivity index (χ0) is 26.5. The fraction of sp³-hybridized carbons (Fsp3) is 0.435. The van der Waals surface area contributed by atoms with Gasteiger partial charge in [0, 0.05) is 24.4 Å². The Balaban J connectivity index is 1.39. The molecule has 0 atom stereocenters. The van der Waals surface area contributed by atoms with Crippen LogP contribution in [0.2, 0.25) is 0 Å². The van der Waals surface area contributed by atoms with E-state index < -0.39 is 26.6 Å². The molecule has 1 aliphatic rings. The fourth-order valence-electron chi connectivity index (χ4n) is 4.50. The smallest absolute Gasteiger partial charge is 0.243 e. The topological polar surface area (TPSA) is 152 Å². The van der Waals surface area contributed by atoms with Gasteiger partial charge in [-0.3, -0.25) is 4.68 Å². The number of benzene rings is 1. The van der Waals surface area contributed by atoms with Crippen LogP contribution in [-0.4, -0.2) is 44.4 Å². The van der Waals surface area contributed by atoms with Crippen molar-refractivity contribution in [3.8, 4) is 17.1 Å². The Kier molecular flexibility index (Phi) is 6.40. The highest BCUT2D eigenvalue weighted by atomic mass is 32.2. The zero-order valence-electron chi connectivity index (χ0n) is 20.4. The number of rotatable bonds is 6. The third-order valence-electron chi connectivity index (χ3n) is 6.45. The Morgan fingerprint density at radius 1 is 1.14 bits per heavy atom. The van der Waals surface area contributed by atoms with E-state index in [0.717, 1.165) is 31.7 Å². The average Bonchev–Trinajstić information content (AvgIpc) is 3.46. The van der Waals surface area contributed by atoms with Crippen molar-refractivity contribution < 1.29 is 26.5 Å². The summed E-state index contributed by atoms with van der Waals surface area (Å²) in [6, 6.07) is 1.27. The van der Waals surface area contributed by atoms with E-state index in [9.17, 15) is 17.2 Å². The number of aryl methyl sites for hydroxylation is 1. The molecule has 0 unspecified atom stereocenters. The van der Waals surface area contributed by atoms with Crippen LogP contribution < -0.4 is 9.88 Å². The molecule has 196 valence electrons. The minimum absolute atomic E-state index is 0.0168. The first-order chi connectivity index (χ1) is 17.5. The molecule has 0 bridgehead atoms. The highest BCUT2D eigenvalue weighted by Crippen LogP contribution is 2.37. The average molecular weight is 534 g/mol. The van der Waals surface area contributed by atoms with Gasteiger partial charge in [-0.1, -0.05) is 19.0 Å². The summed E-state index contributed by atoms with van der Waals surface area (Å²) in [6.07, 6.45) is 4.19. The van der Waals surface area contributed by atoms with E-state index in [0.29, 0.717) is 23.3 Å². The summed E-state index contributed by atoms with van der Waals surface area (Å²) in [5.74, 6) is -0.251. The first-order valence-corrected chi connectivity index (χ1v) is 13.3. The molecule has 1 saturated carbocycles. The van der Waals surface area contributed by atoms with E-state index >= 15 is 0 Å². The van der Waals surface area contributed by atoms with Gasteiger partial charge in [-0.05, 0) is 37.8 Å². The Labute approximate surface area is 211 Å². The number of hydrogen-bond donors (Lipinski definition) is 1. The Morgan fingerprint density at radius 2 is 1.86 bits per heavy atom. The molecule has 0 saturated heterocycles. The van der Waals surface area contributed by atoms with Crippen molar-refractivity contribution in [2.75, 3.05) is 0 Å². The Hall–Kier alpha value is -3.52. The van der Waals surface area contributed by atoms with E-state index in [2.05, 4.69) is 25.2 Å². The number of hydrogen-bond acceptors (Lipinski definition) is 9. The first kappa shape index (κ1) is 25.1. The van der Waals surface area contributed by atoms with Gasteiger partial charge in [0.2, 0.25) is 21.8 Å². The maximum atomic E-state index is 14.9. The van der Waals surface area contributed by atoms with E-state index in [1.54, 1.807) is 7.05 Å². The van der Waals surface area contributed by atoms with Gasteiger partial charge in [-0.15, -0.1) is 0 Å². The molecule has 4 aromatic rings. The summed E-state index contributed by atoms with van der Waals surface area (Å²) < 4.78 is 65.5. The second kappa shape index (κ2) is 9.41. The Bertz CT molecular complexity index is 1580. The van der Waals surface area contributed by atoms with Crippen molar-refractivity contribution in [2.24, 2.45) is 12.2 Å². The molecule has 3 aromatic heterocycles. The zero-order valence-corrected chi connectivity index (χ0v) is 21.2. The van der Waals surface area contributed by atoms with Crippen LogP contribution in [0.4, 0.5) is 8.78 Å². The number of sulfonamides is 1. The second-order valence-corrected chi connectivity index (χ2v) is 10.9. The van der Waals surface area contributed by atoms with Gasteiger partial charge in [0.25, 0.3) is 0 Å². The molecule has 14 heteroatoms. The standard InChI is InChI=1S/C23H25F2N7O4S/c1-11(2)21-29-22(36-31-21)12-4-6-13(7-5-12)35-23-20-19(27-10-28-23)18(30-32(20)3)14-8-16(25)17(9-15(14)24)37(26,33)34/h8-13H,4-7H2,1-3H3,(H2,26,33,34). The quantitative estimate of drug-likeness (QED) is 0.392. The third kappa shape index (κ3) is 4.78. The van der Waals surface area contributed by atoms with Crippen molar-refractivity contribution in [1.82, 2.24) is 29.9 Å². The number of halogens is 2. The van der Waals surface area contributed by atoms with Gasteiger partial charge < -0.3 is 9.26 Å². The summed E-state index contributed by atoms with van der Waals surface area (Å²) in [6.45, 7) is 4.02. The monoisotopic (exact) mass is 533 g/mol. The van der Waals surface area contributed by atoms with Crippen LogP contribution in [0.25, 0.3) is 22.3 Å². The predicted molar refractivity (Wildman–Crippen MR) is 127 cm³/mol. The summed E-state index contributed by atoms with van der Waals surface area (Å²) in [5.41, 5.74) is 0.382. The lowest BCUT2D eigenvalue weighted by molar-refractivity contribution is 0.135. The summed E-state index contributed by atoms with van der Waals surface area (Å²) in [5, 5.41) is 13.3. The largest absolute Gasteiger partial charge is 0.473 e. The van der Waals surface area contributed by atoms with Crippen LogP contribution in [0.5, 0.6) is 5.88 Å². The van der Waals surface area contributed by atoms with Crippen molar-refractivity contribution in [2.45, 2.75) is 62.4 Å². The van der Waals surface area contributed by atoms with Gasteiger partial charge in [0.05, 0.1) is 0 Å². The molecule has 0 radical (unpaired) electrons. The lowest BCUT2D eigenvalue weighted by Crippen LogP contribution is -2.24. The van der Waals surface area contributed by atoms with Crippen molar-refractivity contribution in [3.05, 3.63) is 41.8 Å². The van der Waals surface area contributed by atoms with Crippen LogP contribution in [-0.2, 0) is 17.1 Å². The molecular formula is C23H25F2N7O4S. The number of ether oxygens (including phenoxy) is 1. The number of nitrogens with two attached hydrogens (primary N) is 1. The van der Waals surface area contributed by atoms with Crippen LogP contribution in [0, 0.1) is 11.6 Å². The van der Waals surface area contributed by atoms with Crippen LogP contribution in [0.3, 0.4) is 0 Å². The molecule has 11 nitrogen and oxygen atoms in total. The second-order valence-electron chi connectivity index (χ2n) is 9.39. The molecule has 3 heterocycles. The van der Waals surface area contributed by atoms with Gasteiger partial charge in [0.15, 0.2) is 5.82 Å². The van der Waals surface area contributed by atoms with Crippen molar-refractivity contribution in [3.63, 3.8) is 0 Å². The Morgan fingerprint density at radius 3 is 2.51 bits per heavy atom. The molecule has 0 amide bonds. The highest BCUT2D eigenvalue weighted by molar-refractivity contribution is 7.89. The summed E-state index contributed by atoms with van der Waals surface area (Å²) in [7, 11) is -2.83. The van der Waals surface area contributed by atoms with E-state index in [4.69, 9.17) is 14.4 Å². The molecule has 5 rings (SSSR count). The van der Waals surface area contributed by atoms with Gasteiger partial charge in [-0.25, -0.2) is 27.3 Å². The van der Waals surface area contributed by atoms with Gasteiger partial charge >= 0.3 is 0 Å². The fourth-order valence-corrected chi connectivity index (χ4v) is 5.10. The van der Waals surface area contributed by atoms with Crippen LogP contribution in [0.15, 0.2) is 27.9 Å². The maximum absolute atomic E-state index is 14.9. The third-order valence-corrected chi connectivity index (χ3v) is 7.37. The lowest BCUT2D eigenvalue weighted by Gasteiger charge is -2.26. The number of primary sulfonamides is 1. The summed E-state index contributed by atoms with van der Waals surface area (Å²) >= 11 is 0. The molecule has 0 aliphatic heterocycles. The van der Waals surface area contributed by atoms with Crippen LogP contribution >= 0.6 is 0 Å². The molecule has 1 aromatic carbocycles. The van der Waals surface area contributed by atoms with E-state index in [1.807, 2.05) is 13.8 Å². The summed E-state index contributed by atoms with van der Waals surface area (Å²) in [4.78, 5) is 12.0.